The first-order valence-corrected chi connectivity index (χ1v) is 6.30. The highest BCUT2D eigenvalue weighted by Gasteiger charge is 2.12. The molecule has 0 aliphatic carbocycles. The van der Waals surface area contributed by atoms with Gasteiger partial charge in [0.25, 0.3) is 0 Å². The zero-order valence-electron chi connectivity index (χ0n) is 9.74. The van der Waals surface area contributed by atoms with Crippen LogP contribution in [0, 0.1) is 0 Å². The van der Waals surface area contributed by atoms with E-state index in [0.29, 0.717) is 12.2 Å². The van der Waals surface area contributed by atoms with Gasteiger partial charge in [0.2, 0.25) is 5.91 Å². The third-order valence-electron chi connectivity index (χ3n) is 2.36. The van der Waals surface area contributed by atoms with E-state index in [0.717, 1.165) is 10.7 Å². The number of nitrogens with two attached hydrogens (primary N) is 2. The molecule has 94 valence electrons. The van der Waals surface area contributed by atoms with Gasteiger partial charge >= 0.3 is 0 Å². The van der Waals surface area contributed by atoms with Crippen molar-refractivity contribution in [1.82, 2.24) is 4.98 Å². The molecule has 0 aliphatic rings. The van der Waals surface area contributed by atoms with Crippen molar-refractivity contribution in [3.8, 4) is 0 Å². The molecule has 0 fully saturated rings. The van der Waals surface area contributed by atoms with Crippen molar-refractivity contribution in [2.75, 3.05) is 17.2 Å². The number of hydrogen-bond donors (Lipinski definition) is 2. The van der Waals surface area contributed by atoms with Crippen LogP contribution in [0.15, 0.2) is 35.8 Å². The van der Waals surface area contributed by atoms with E-state index >= 15 is 0 Å². The number of thiazole rings is 1. The smallest absolute Gasteiger partial charge is 0.237 e. The first-order valence-electron chi connectivity index (χ1n) is 5.42. The normalized spacial score (nSPS) is 10.2. The molecule has 0 saturated heterocycles. The first kappa shape index (κ1) is 12.4. The summed E-state index contributed by atoms with van der Waals surface area (Å²) in [5, 5.41) is 2.64. The largest absolute Gasteiger partial charge is 0.399 e. The van der Waals surface area contributed by atoms with Gasteiger partial charge in [-0.25, -0.2) is 4.98 Å². The molecule has 0 bridgehead atoms. The summed E-state index contributed by atoms with van der Waals surface area (Å²) in [7, 11) is 0. The van der Waals surface area contributed by atoms with Gasteiger partial charge in [-0.2, -0.15) is 0 Å². The molecule has 1 amide bonds. The van der Waals surface area contributed by atoms with Crippen LogP contribution in [0.1, 0.15) is 5.56 Å². The lowest BCUT2D eigenvalue weighted by molar-refractivity contribution is -0.116. The van der Waals surface area contributed by atoms with Crippen molar-refractivity contribution < 1.29 is 4.79 Å². The van der Waals surface area contributed by atoms with Crippen LogP contribution in [-0.4, -0.2) is 17.4 Å². The summed E-state index contributed by atoms with van der Waals surface area (Å²) >= 11 is 1.47. The average molecular weight is 262 g/mol. The number of anilines is 2. The third kappa shape index (κ3) is 3.21. The van der Waals surface area contributed by atoms with Crippen molar-refractivity contribution >= 4 is 28.1 Å². The number of nitrogens with zero attached hydrogens (tertiary/aromatic N) is 2. The molecule has 0 saturated carbocycles. The fourth-order valence-corrected chi connectivity index (χ4v) is 2.31. The van der Waals surface area contributed by atoms with Crippen molar-refractivity contribution in [2.24, 2.45) is 5.73 Å². The maximum atomic E-state index is 11.1. The fraction of sp³-hybridized carbons (Fsp3) is 0.167. The molecule has 18 heavy (non-hydrogen) atoms. The van der Waals surface area contributed by atoms with Gasteiger partial charge in [-0.1, -0.05) is 12.1 Å². The number of primary amides is 1. The summed E-state index contributed by atoms with van der Waals surface area (Å²) in [5.74, 6) is -0.380. The van der Waals surface area contributed by atoms with Gasteiger partial charge in [0.15, 0.2) is 5.13 Å². The predicted molar refractivity (Wildman–Crippen MR) is 73.2 cm³/mol. The van der Waals surface area contributed by atoms with E-state index in [4.69, 9.17) is 11.5 Å². The highest BCUT2D eigenvalue weighted by molar-refractivity contribution is 7.13. The third-order valence-corrected chi connectivity index (χ3v) is 3.19. The van der Waals surface area contributed by atoms with Crippen LogP contribution in [0.3, 0.4) is 0 Å². The lowest BCUT2D eigenvalue weighted by Gasteiger charge is -2.20. The molecule has 5 nitrogen and oxygen atoms in total. The molecule has 6 heteroatoms. The Balaban J connectivity index is 2.17. The molecular formula is C12H14N4OS. The first-order chi connectivity index (χ1) is 8.65. The molecule has 1 heterocycles. The number of amides is 1. The molecule has 1 aromatic carbocycles. The van der Waals surface area contributed by atoms with E-state index in [1.54, 1.807) is 6.20 Å². The van der Waals surface area contributed by atoms with Gasteiger partial charge < -0.3 is 16.4 Å². The number of hydrogen-bond acceptors (Lipinski definition) is 5. The SMILES string of the molecule is NC(=O)CN(Cc1cccc(N)c1)c1nccs1. The zero-order valence-corrected chi connectivity index (χ0v) is 10.6. The summed E-state index contributed by atoms with van der Waals surface area (Å²) in [6.45, 7) is 0.698. The Morgan fingerprint density at radius 1 is 1.44 bits per heavy atom. The Morgan fingerprint density at radius 2 is 2.28 bits per heavy atom. The van der Waals surface area contributed by atoms with Gasteiger partial charge in [-0.15, -0.1) is 11.3 Å². The molecule has 0 atom stereocenters. The van der Waals surface area contributed by atoms with Crippen LogP contribution in [0.4, 0.5) is 10.8 Å². The van der Waals surface area contributed by atoms with Crippen LogP contribution >= 0.6 is 11.3 Å². The topological polar surface area (TPSA) is 85.2 Å². The number of nitrogen functional groups attached to an aromatic ring is 1. The highest BCUT2D eigenvalue weighted by atomic mass is 32.1. The van der Waals surface area contributed by atoms with Gasteiger partial charge in [0.05, 0.1) is 6.54 Å². The zero-order chi connectivity index (χ0) is 13.0. The van der Waals surface area contributed by atoms with Gasteiger partial charge in [-0.3, -0.25) is 4.79 Å². The van der Waals surface area contributed by atoms with Gasteiger partial charge in [0, 0.05) is 23.8 Å². The van der Waals surface area contributed by atoms with Crippen molar-refractivity contribution in [3.63, 3.8) is 0 Å². The van der Waals surface area contributed by atoms with Gasteiger partial charge in [0.1, 0.15) is 0 Å². The van der Waals surface area contributed by atoms with Crippen molar-refractivity contribution in [3.05, 3.63) is 41.4 Å². The van der Waals surface area contributed by atoms with E-state index < -0.39 is 0 Å². The van der Waals surface area contributed by atoms with E-state index in [-0.39, 0.29) is 12.5 Å². The monoisotopic (exact) mass is 262 g/mol. The Morgan fingerprint density at radius 3 is 2.89 bits per heavy atom. The minimum Gasteiger partial charge on any atom is -0.399 e. The molecule has 2 aromatic rings. The fourth-order valence-electron chi connectivity index (χ4n) is 1.66. The molecule has 0 aliphatic heterocycles. The van der Waals surface area contributed by atoms with Crippen LogP contribution in [-0.2, 0) is 11.3 Å². The number of carbonyl (C=O) groups is 1. The second kappa shape index (κ2) is 5.50. The summed E-state index contributed by atoms with van der Waals surface area (Å²) in [4.78, 5) is 17.1. The van der Waals surface area contributed by atoms with Crippen LogP contribution in [0.25, 0.3) is 0 Å². The Kier molecular flexibility index (Phi) is 3.78. The molecule has 0 radical (unpaired) electrons. The summed E-state index contributed by atoms with van der Waals surface area (Å²) in [5.41, 5.74) is 12.7. The second-order valence-electron chi connectivity index (χ2n) is 3.88. The van der Waals surface area contributed by atoms with E-state index in [1.807, 2.05) is 34.5 Å². The molecule has 4 N–H and O–H groups in total. The maximum absolute atomic E-state index is 11.1. The minimum absolute atomic E-state index is 0.141. The minimum atomic E-state index is -0.380. The van der Waals surface area contributed by atoms with E-state index in [2.05, 4.69) is 4.98 Å². The number of aromatic nitrogens is 1. The van der Waals surface area contributed by atoms with E-state index in [9.17, 15) is 4.79 Å². The van der Waals surface area contributed by atoms with Crippen molar-refractivity contribution in [1.29, 1.82) is 0 Å². The van der Waals surface area contributed by atoms with Gasteiger partial charge in [-0.05, 0) is 17.7 Å². The molecular weight excluding hydrogens is 248 g/mol. The molecule has 2 rings (SSSR count). The second-order valence-corrected chi connectivity index (χ2v) is 4.76. The number of benzene rings is 1. The Hall–Kier alpha value is -2.08. The Labute approximate surface area is 109 Å². The average Bonchev–Trinajstić information content (AvgIpc) is 2.80. The van der Waals surface area contributed by atoms with Crippen LogP contribution in [0.5, 0.6) is 0 Å². The predicted octanol–water partition coefficient (Wildman–Crippen LogP) is 1.22. The Bertz CT molecular complexity index is 527. The highest BCUT2D eigenvalue weighted by Crippen LogP contribution is 2.20. The van der Waals surface area contributed by atoms with Crippen molar-refractivity contribution in [2.45, 2.75) is 6.54 Å². The van der Waals surface area contributed by atoms with Crippen LogP contribution < -0.4 is 16.4 Å². The summed E-state index contributed by atoms with van der Waals surface area (Å²) in [6, 6.07) is 7.54. The lowest BCUT2D eigenvalue weighted by atomic mass is 10.2. The number of rotatable bonds is 5. The molecule has 1 aromatic heterocycles. The number of carbonyl (C=O) groups excluding carboxylic acids is 1. The van der Waals surface area contributed by atoms with E-state index in [1.165, 1.54) is 11.3 Å². The maximum Gasteiger partial charge on any atom is 0.237 e. The quantitative estimate of drug-likeness (QED) is 0.793. The lowest BCUT2D eigenvalue weighted by Crippen LogP contribution is -2.33. The van der Waals surface area contributed by atoms with Crippen LogP contribution in [0.2, 0.25) is 0 Å². The molecule has 0 spiro atoms. The molecule has 0 unspecified atom stereocenters. The standard InChI is InChI=1S/C12H14N4OS/c13-10-3-1-2-9(6-10)7-16(8-11(14)17)12-15-4-5-18-12/h1-6H,7-8,13H2,(H2,14,17). The summed E-state index contributed by atoms with van der Waals surface area (Å²) < 4.78 is 0. The summed E-state index contributed by atoms with van der Waals surface area (Å²) in [6.07, 6.45) is 1.70.